The van der Waals surface area contributed by atoms with E-state index in [1.54, 1.807) is 14.2 Å². The molecule has 0 aliphatic carbocycles. The van der Waals surface area contributed by atoms with Crippen molar-refractivity contribution in [1.29, 1.82) is 0 Å². The number of methoxy groups -OCH3 is 2. The fraction of sp³-hybridized carbons (Fsp3) is 0.571. The highest BCUT2D eigenvalue weighted by atomic mass is 16.5. The summed E-state index contributed by atoms with van der Waals surface area (Å²) in [5.41, 5.74) is 1.26. The molecule has 0 saturated heterocycles. The van der Waals surface area contributed by atoms with Crippen molar-refractivity contribution in [2.45, 2.75) is 13.0 Å². The highest BCUT2D eigenvalue weighted by Gasteiger charge is 2.11. The Hall–Kier alpha value is -0.900. The Labute approximate surface area is 104 Å². The number of nitrogens with one attached hydrogen (secondary N) is 1. The molecular weight excluding hydrogens is 214 g/mol. The lowest BCUT2D eigenvalue weighted by molar-refractivity contribution is 0.142. The van der Waals surface area contributed by atoms with Gasteiger partial charge in [-0.15, -0.1) is 0 Å². The molecule has 0 bridgehead atoms. The van der Waals surface area contributed by atoms with Crippen molar-refractivity contribution in [2.24, 2.45) is 5.92 Å². The third-order valence-corrected chi connectivity index (χ3v) is 2.70. The average molecular weight is 237 g/mol. The van der Waals surface area contributed by atoms with Crippen molar-refractivity contribution in [3.05, 3.63) is 35.9 Å². The van der Waals surface area contributed by atoms with Crippen molar-refractivity contribution in [3.8, 4) is 0 Å². The van der Waals surface area contributed by atoms with E-state index in [9.17, 15) is 0 Å². The molecule has 1 aromatic carbocycles. The van der Waals surface area contributed by atoms with Crippen LogP contribution in [-0.4, -0.2) is 34.0 Å². The zero-order valence-electron chi connectivity index (χ0n) is 11.0. The Kier molecular flexibility index (Phi) is 6.86. The minimum atomic E-state index is 0.250. The Bertz CT molecular complexity index is 290. The molecule has 2 unspecified atom stereocenters. The van der Waals surface area contributed by atoms with Crippen molar-refractivity contribution < 1.29 is 9.47 Å². The summed E-state index contributed by atoms with van der Waals surface area (Å²) in [5.74, 6) is 0.503. The fourth-order valence-corrected chi connectivity index (χ4v) is 1.81. The topological polar surface area (TPSA) is 30.5 Å². The molecule has 1 N–H and O–H groups in total. The molecule has 96 valence electrons. The van der Waals surface area contributed by atoms with Crippen molar-refractivity contribution in [3.63, 3.8) is 0 Å². The summed E-state index contributed by atoms with van der Waals surface area (Å²) in [4.78, 5) is 0. The van der Waals surface area contributed by atoms with Crippen LogP contribution in [0.5, 0.6) is 0 Å². The Balaban J connectivity index is 2.49. The number of hydrogen-bond acceptors (Lipinski definition) is 3. The standard InChI is InChI=1S/C14H23NO2/c1-12(10-16-2)9-15-14(11-17-3)13-7-5-4-6-8-13/h4-8,12,14-15H,9-11H2,1-3H3. The summed E-state index contributed by atoms with van der Waals surface area (Å²) >= 11 is 0. The third-order valence-electron chi connectivity index (χ3n) is 2.70. The number of hydrogen-bond donors (Lipinski definition) is 1. The minimum absolute atomic E-state index is 0.250. The first-order valence-corrected chi connectivity index (χ1v) is 6.04. The van der Waals surface area contributed by atoms with E-state index >= 15 is 0 Å². The molecule has 0 saturated carbocycles. The highest BCUT2D eigenvalue weighted by molar-refractivity contribution is 5.18. The van der Waals surface area contributed by atoms with Crippen LogP contribution in [-0.2, 0) is 9.47 Å². The maximum absolute atomic E-state index is 5.26. The largest absolute Gasteiger partial charge is 0.384 e. The van der Waals surface area contributed by atoms with Crippen LogP contribution in [0.25, 0.3) is 0 Å². The number of benzene rings is 1. The molecule has 0 aliphatic heterocycles. The molecule has 1 rings (SSSR count). The van der Waals surface area contributed by atoms with Gasteiger partial charge in [-0.05, 0) is 11.5 Å². The predicted octanol–water partition coefficient (Wildman–Crippen LogP) is 2.25. The van der Waals surface area contributed by atoms with E-state index < -0.39 is 0 Å². The summed E-state index contributed by atoms with van der Waals surface area (Å²) in [6.45, 7) is 4.56. The highest BCUT2D eigenvalue weighted by Crippen LogP contribution is 2.13. The number of rotatable bonds is 8. The molecule has 2 atom stereocenters. The fourth-order valence-electron chi connectivity index (χ4n) is 1.81. The van der Waals surface area contributed by atoms with E-state index in [1.807, 2.05) is 6.07 Å². The van der Waals surface area contributed by atoms with Gasteiger partial charge >= 0.3 is 0 Å². The Morgan fingerprint density at radius 1 is 1.06 bits per heavy atom. The van der Waals surface area contributed by atoms with Gasteiger partial charge in [0, 0.05) is 27.4 Å². The smallest absolute Gasteiger partial charge is 0.0657 e. The quantitative estimate of drug-likeness (QED) is 0.752. The van der Waals surface area contributed by atoms with Gasteiger partial charge in [-0.3, -0.25) is 0 Å². The van der Waals surface area contributed by atoms with E-state index in [-0.39, 0.29) is 6.04 Å². The molecule has 3 heteroatoms. The average Bonchev–Trinajstić information content (AvgIpc) is 2.36. The minimum Gasteiger partial charge on any atom is -0.384 e. The van der Waals surface area contributed by atoms with Gasteiger partial charge in [0.05, 0.1) is 12.6 Å². The van der Waals surface area contributed by atoms with Crippen LogP contribution in [0.2, 0.25) is 0 Å². The van der Waals surface area contributed by atoms with E-state index in [1.165, 1.54) is 5.56 Å². The van der Waals surface area contributed by atoms with Crippen LogP contribution in [0.15, 0.2) is 30.3 Å². The van der Waals surface area contributed by atoms with E-state index in [0.717, 1.165) is 13.2 Å². The van der Waals surface area contributed by atoms with Gasteiger partial charge in [0.1, 0.15) is 0 Å². The van der Waals surface area contributed by atoms with Crippen LogP contribution in [0.1, 0.15) is 18.5 Å². The van der Waals surface area contributed by atoms with Crippen LogP contribution < -0.4 is 5.32 Å². The first-order valence-electron chi connectivity index (χ1n) is 6.04. The second kappa shape index (κ2) is 8.23. The molecule has 0 radical (unpaired) electrons. The lowest BCUT2D eigenvalue weighted by Gasteiger charge is -2.20. The molecular formula is C14H23NO2. The second-order valence-corrected chi connectivity index (χ2v) is 4.39. The number of ether oxygens (including phenoxy) is 2. The molecule has 0 aromatic heterocycles. The zero-order valence-corrected chi connectivity index (χ0v) is 11.0. The first-order chi connectivity index (χ1) is 8.27. The molecule has 0 amide bonds. The van der Waals surface area contributed by atoms with Crippen molar-refractivity contribution in [2.75, 3.05) is 34.0 Å². The SMILES string of the molecule is COCC(C)CNC(COC)c1ccccc1. The zero-order chi connectivity index (χ0) is 12.5. The van der Waals surface area contributed by atoms with Gasteiger partial charge in [-0.1, -0.05) is 37.3 Å². The Morgan fingerprint density at radius 3 is 2.29 bits per heavy atom. The maximum atomic E-state index is 5.26. The first kappa shape index (κ1) is 14.2. The van der Waals surface area contributed by atoms with Crippen LogP contribution in [0.3, 0.4) is 0 Å². The molecule has 0 heterocycles. The predicted molar refractivity (Wildman–Crippen MR) is 70.1 cm³/mol. The lowest BCUT2D eigenvalue weighted by atomic mass is 10.1. The van der Waals surface area contributed by atoms with Gasteiger partial charge in [0.2, 0.25) is 0 Å². The van der Waals surface area contributed by atoms with Gasteiger partial charge in [-0.25, -0.2) is 0 Å². The summed E-state index contributed by atoms with van der Waals surface area (Å²) < 4.78 is 10.4. The summed E-state index contributed by atoms with van der Waals surface area (Å²) in [5, 5.41) is 3.52. The molecule has 0 spiro atoms. The molecule has 3 nitrogen and oxygen atoms in total. The molecule has 0 fully saturated rings. The van der Waals surface area contributed by atoms with Crippen LogP contribution in [0.4, 0.5) is 0 Å². The van der Waals surface area contributed by atoms with Gasteiger partial charge in [-0.2, -0.15) is 0 Å². The normalized spacial score (nSPS) is 14.5. The maximum Gasteiger partial charge on any atom is 0.0657 e. The summed E-state index contributed by atoms with van der Waals surface area (Å²) in [6, 6.07) is 10.6. The van der Waals surface area contributed by atoms with Crippen molar-refractivity contribution in [1.82, 2.24) is 5.32 Å². The van der Waals surface area contributed by atoms with E-state index in [2.05, 4.69) is 36.5 Å². The van der Waals surface area contributed by atoms with Gasteiger partial charge < -0.3 is 14.8 Å². The second-order valence-electron chi connectivity index (χ2n) is 4.39. The van der Waals surface area contributed by atoms with Crippen LogP contribution in [0, 0.1) is 5.92 Å². The van der Waals surface area contributed by atoms with Gasteiger partial charge in [0.15, 0.2) is 0 Å². The molecule has 0 aliphatic rings. The lowest BCUT2D eigenvalue weighted by Crippen LogP contribution is -2.30. The Morgan fingerprint density at radius 2 is 1.71 bits per heavy atom. The van der Waals surface area contributed by atoms with Gasteiger partial charge in [0.25, 0.3) is 0 Å². The van der Waals surface area contributed by atoms with Crippen LogP contribution >= 0.6 is 0 Å². The summed E-state index contributed by atoms with van der Waals surface area (Å²) in [6.07, 6.45) is 0. The van der Waals surface area contributed by atoms with Crippen molar-refractivity contribution >= 4 is 0 Å². The van der Waals surface area contributed by atoms with E-state index in [4.69, 9.17) is 9.47 Å². The molecule has 1 aromatic rings. The third kappa shape index (κ3) is 5.31. The van der Waals surface area contributed by atoms with E-state index in [0.29, 0.717) is 12.5 Å². The monoisotopic (exact) mass is 237 g/mol. The summed E-state index contributed by atoms with van der Waals surface area (Å²) in [7, 11) is 3.47. The molecule has 17 heavy (non-hydrogen) atoms.